The number of carbonyl (C=O) groups is 3. The predicted octanol–water partition coefficient (Wildman–Crippen LogP) is 7.80. The van der Waals surface area contributed by atoms with E-state index in [1.165, 1.54) is 0 Å². The molecule has 7 heteroatoms. The molecule has 7 nitrogen and oxygen atoms in total. The first kappa shape index (κ1) is 31.0. The number of ketones is 2. The van der Waals surface area contributed by atoms with Crippen molar-refractivity contribution in [3.63, 3.8) is 0 Å². The van der Waals surface area contributed by atoms with Gasteiger partial charge in [0.05, 0.1) is 16.7 Å². The minimum Gasteiger partial charge on any atom is -0.295 e. The van der Waals surface area contributed by atoms with Gasteiger partial charge in [-0.25, -0.2) is 4.98 Å². The third kappa shape index (κ3) is 3.91. The summed E-state index contributed by atoms with van der Waals surface area (Å²) in [6.07, 6.45) is 14.7. The Balaban J connectivity index is 1.34. The van der Waals surface area contributed by atoms with Gasteiger partial charge in [0, 0.05) is 29.1 Å². The van der Waals surface area contributed by atoms with E-state index < -0.39 is 16.2 Å². The van der Waals surface area contributed by atoms with E-state index in [-0.39, 0.29) is 57.0 Å². The van der Waals surface area contributed by atoms with Crippen molar-refractivity contribution in [2.75, 3.05) is 0 Å². The lowest BCUT2D eigenvalue weighted by molar-refractivity contribution is -0.164. The van der Waals surface area contributed by atoms with Gasteiger partial charge < -0.3 is 0 Å². The monoisotopic (exact) mass is 618 g/mol. The summed E-state index contributed by atoms with van der Waals surface area (Å²) in [6.45, 7) is 15.3. The number of nitrogens with zero attached hydrogens (tertiary/aromatic N) is 4. The van der Waals surface area contributed by atoms with Gasteiger partial charge in [-0.2, -0.15) is 5.26 Å². The van der Waals surface area contributed by atoms with Gasteiger partial charge in [0.2, 0.25) is 5.91 Å². The second-order valence-electron chi connectivity index (χ2n) is 17.1. The van der Waals surface area contributed by atoms with Crippen LogP contribution in [-0.2, 0) is 9.59 Å². The quantitative estimate of drug-likeness (QED) is 0.340. The van der Waals surface area contributed by atoms with Crippen LogP contribution in [0, 0.1) is 61.6 Å². The topological polar surface area (TPSA) is 106 Å². The zero-order valence-electron chi connectivity index (χ0n) is 28.3. The van der Waals surface area contributed by atoms with Crippen LogP contribution in [0.2, 0.25) is 0 Å². The number of Topliss-reactive ketones (excluding diaryl/α,β-unsaturated/α-hetero) is 1. The van der Waals surface area contributed by atoms with Crippen molar-refractivity contribution in [1.82, 2.24) is 14.5 Å². The number of rotatable bonds is 2. The van der Waals surface area contributed by atoms with Crippen molar-refractivity contribution in [3.8, 4) is 17.5 Å². The van der Waals surface area contributed by atoms with Crippen molar-refractivity contribution < 1.29 is 14.4 Å². The lowest BCUT2D eigenvalue weighted by Crippen LogP contribution is -2.66. The van der Waals surface area contributed by atoms with Crippen LogP contribution in [0.3, 0.4) is 0 Å². The van der Waals surface area contributed by atoms with Gasteiger partial charge in [-0.15, -0.1) is 0 Å². The number of hydrogen-bond acceptors (Lipinski definition) is 6. The molecule has 0 bridgehead atoms. The van der Waals surface area contributed by atoms with Crippen molar-refractivity contribution in [2.45, 2.75) is 93.4 Å². The minimum absolute atomic E-state index is 0.00397. The molecule has 5 aliphatic rings. The van der Waals surface area contributed by atoms with Crippen LogP contribution < -0.4 is 0 Å². The molecule has 2 heterocycles. The lowest BCUT2D eigenvalue weighted by Gasteiger charge is -2.69. The molecule has 7 rings (SSSR count). The highest BCUT2D eigenvalue weighted by atomic mass is 16.2. The zero-order chi connectivity index (χ0) is 33.1. The van der Waals surface area contributed by atoms with E-state index >= 15 is 0 Å². The van der Waals surface area contributed by atoms with Crippen LogP contribution >= 0.6 is 0 Å². The fourth-order valence-corrected chi connectivity index (χ4v) is 11.3. The Kier molecular flexibility index (Phi) is 6.52. The molecular weight excluding hydrogens is 572 g/mol. The molecule has 0 aromatic carbocycles. The second-order valence-corrected chi connectivity index (χ2v) is 17.1. The molecule has 3 saturated carbocycles. The van der Waals surface area contributed by atoms with Crippen LogP contribution in [0.4, 0.5) is 0 Å². The third-order valence-electron chi connectivity index (χ3n) is 14.0. The van der Waals surface area contributed by atoms with E-state index in [0.717, 1.165) is 56.2 Å². The molecule has 5 aliphatic carbocycles. The normalized spacial score (nSPS) is 39.0. The average molecular weight is 619 g/mol. The number of hydrogen-bond donors (Lipinski definition) is 0. The first-order chi connectivity index (χ1) is 21.5. The Morgan fingerprint density at radius 1 is 0.957 bits per heavy atom. The molecule has 46 heavy (non-hydrogen) atoms. The Bertz CT molecular complexity index is 1770. The standard InChI is InChI=1S/C39H46N4O3/c1-34(2)13-15-39(33(46)43-22-27(42-23-43)26-10-8-9-17-41-26)16-14-38(7)31(25(39)20-34)28(44)18-30-36(5)19-24(21-40)32(45)35(3,4)29(36)11-12-37(30,38)6/h8-10,17-19,22-23,25,29,31H,11-16,20H2,1-7H3/t25-,29-,31-,36-,37+,38+,39-/m0/s1. The Morgan fingerprint density at radius 2 is 1.70 bits per heavy atom. The third-order valence-corrected chi connectivity index (χ3v) is 14.0. The highest BCUT2D eigenvalue weighted by molar-refractivity contribution is 6.04. The van der Waals surface area contributed by atoms with E-state index in [1.54, 1.807) is 23.3 Å². The molecule has 0 N–H and O–H groups in total. The number of imidazole rings is 1. The Morgan fingerprint density at radius 3 is 2.39 bits per heavy atom. The maximum atomic E-state index is 14.8. The molecule has 0 saturated heterocycles. The number of pyridine rings is 1. The Labute approximate surface area is 272 Å². The van der Waals surface area contributed by atoms with E-state index in [2.05, 4.69) is 50.7 Å². The van der Waals surface area contributed by atoms with Crippen LogP contribution in [0.15, 0.2) is 60.2 Å². The van der Waals surface area contributed by atoms with Crippen molar-refractivity contribution in [2.24, 2.45) is 50.2 Å². The Hall–Kier alpha value is -3.66. The van der Waals surface area contributed by atoms with Crippen LogP contribution in [0.1, 0.15) is 98.2 Å². The molecule has 0 unspecified atom stereocenters. The average Bonchev–Trinajstić information content (AvgIpc) is 3.50. The molecule has 0 radical (unpaired) electrons. The number of carbonyl (C=O) groups excluding carboxylic acids is 3. The molecule has 240 valence electrons. The van der Waals surface area contributed by atoms with Gasteiger partial charge in [0.25, 0.3) is 0 Å². The summed E-state index contributed by atoms with van der Waals surface area (Å²) in [4.78, 5) is 52.0. The summed E-state index contributed by atoms with van der Waals surface area (Å²) in [6, 6.07) is 7.86. The van der Waals surface area contributed by atoms with Crippen molar-refractivity contribution >= 4 is 17.5 Å². The summed E-state index contributed by atoms with van der Waals surface area (Å²) in [5.41, 5.74) is 0.0662. The maximum absolute atomic E-state index is 14.8. The largest absolute Gasteiger partial charge is 0.295 e. The summed E-state index contributed by atoms with van der Waals surface area (Å²) in [5, 5.41) is 10.0. The summed E-state index contributed by atoms with van der Waals surface area (Å²) < 4.78 is 1.66. The van der Waals surface area contributed by atoms with Gasteiger partial charge in [-0.3, -0.25) is 23.9 Å². The maximum Gasteiger partial charge on any atom is 0.238 e. The summed E-state index contributed by atoms with van der Waals surface area (Å²) in [7, 11) is 0. The second kappa shape index (κ2) is 9.69. The number of aromatic nitrogens is 3. The van der Waals surface area contributed by atoms with Gasteiger partial charge in [0.1, 0.15) is 18.1 Å². The van der Waals surface area contributed by atoms with E-state index in [9.17, 15) is 19.6 Å². The molecule has 0 amide bonds. The van der Waals surface area contributed by atoms with Crippen LogP contribution in [0.5, 0.6) is 0 Å². The highest BCUT2D eigenvalue weighted by Crippen LogP contribution is 2.74. The van der Waals surface area contributed by atoms with Crippen molar-refractivity contribution in [3.05, 3.63) is 60.2 Å². The van der Waals surface area contributed by atoms with Crippen molar-refractivity contribution in [1.29, 1.82) is 5.26 Å². The van der Waals surface area contributed by atoms with Gasteiger partial charge in [-0.1, -0.05) is 66.2 Å². The first-order valence-corrected chi connectivity index (χ1v) is 17.0. The molecule has 0 spiro atoms. The van der Waals surface area contributed by atoms with E-state index in [0.29, 0.717) is 5.69 Å². The number of nitriles is 1. The summed E-state index contributed by atoms with van der Waals surface area (Å²) >= 11 is 0. The fraction of sp³-hybridized carbons (Fsp3) is 0.590. The molecule has 3 fully saturated rings. The van der Waals surface area contributed by atoms with Gasteiger partial charge in [-0.05, 0) is 91.2 Å². The first-order valence-electron chi connectivity index (χ1n) is 17.0. The molecule has 7 atom stereocenters. The van der Waals surface area contributed by atoms with Crippen LogP contribution in [0.25, 0.3) is 11.4 Å². The highest BCUT2D eigenvalue weighted by Gasteiger charge is 2.71. The fourth-order valence-electron chi connectivity index (χ4n) is 11.3. The number of allylic oxidation sites excluding steroid dienone is 4. The van der Waals surface area contributed by atoms with Gasteiger partial charge >= 0.3 is 0 Å². The lowest BCUT2D eigenvalue weighted by atomic mass is 9.34. The predicted molar refractivity (Wildman–Crippen MR) is 175 cm³/mol. The summed E-state index contributed by atoms with van der Waals surface area (Å²) in [5.74, 6) is -0.339. The van der Waals surface area contributed by atoms with Crippen LogP contribution in [-0.4, -0.2) is 32.0 Å². The molecule has 0 aliphatic heterocycles. The molecule has 2 aromatic rings. The minimum atomic E-state index is -0.696. The smallest absolute Gasteiger partial charge is 0.238 e. The SMILES string of the molecule is CC1(C)CC[C@]2(C(=O)n3cnc(-c4ccccn4)c3)CC[C@]3(C)[C@H](C(=O)C=C4[C@@]5(C)C=C(C#N)C(=O)C(C)(C)[C@@H]5CC[C@]43C)[C@@H]2C1. The molecular formula is C39H46N4O3. The van der Waals surface area contributed by atoms with Gasteiger partial charge in [0.15, 0.2) is 11.6 Å². The number of fused-ring (bicyclic) bond motifs is 7. The molecule has 2 aromatic heterocycles. The zero-order valence-corrected chi connectivity index (χ0v) is 28.3. The van der Waals surface area contributed by atoms with E-state index in [1.807, 2.05) is 44.2 Å². The van der Waals surface area contributed by atoms with E-state index in [4.69, 9.17) is 0 Å².